The zero-order valence-electron chi connectivity index (χ0n) is 12.2. The van der Waals surface area contributed by atoms with Crippen molar-refractivity contribution in [2.75, 3.05) is 19.0 Å². The van der Waals surface area contributed by atoms with Gasteiger partial charge in [0.15, 0.2) is 0 Å². The van der Waals surface area contributed by atoms with E-state index in [9.17, 15) is 4.79 Å². The molecule has 1 heterocycles. The van der Waals surface area contributed by atoms with Crippen LogP contribution in [-0.2, 0) is 4.79 Å². The number of alkyl halides is 1. The quantitative estimate of drug-likeness (QED) is 0.776. The molecule has 1 saturated heterocycles. The first kappa shape index (κ1) is 15.1. The molecule has 3 heteroatoms. The van der Waals surface area contributed by atoms with Gasteiger partial charge in [0.1, 0.15) is 5.88 Å². The van der Waals surface area contributed by atoms with E-state index in [-0.39, 0.29) is 11.8 Å². The largest absolute Gasteiger partial charge is 0.342 e. The first-order valence-electron chi connectivity index (χ1n) is 7.20. The molecule has 0 radical (unpaired) electrons. The minimum absolute atomic E-state index is 0.0591. The van der Waals surface area contributed by atoms with Gasteiger partial charge < -0.3 is 4.90 Å². The maximum Gasteiger partial charge on any atom is 0.237 e. The Labute approximate surface area is 126 Å². The number of halogens is 1. The van der Waals surface area contributed by atoms with Crippen LogP contribution >= 0.6 is 11.6 Å². The van der Waals surface area contributed by atoms with Gasteiger partial charge in [-0.1, -0.05) is 30.4 Å². The maximum absolute atomic E-state index is 11.5. The Balaban J connectivity index is 1.96. The second-order valence-electron chi connectivity index (χ2n) is 5.52. The van der Waals surface area contributed by atoms with Gasteiger partial charge in [0, 0.05) is 13.1 Å². The first-order valence-corrected chi connectivity index (χ1v) is 7.73. The van der Waals surface area contributed by atoms with Gasteiger partial charge in [0.25, 0.3) is 0 Å². The molecule has 0 N–H and O–H groups in total. The number of nitrogens with zero attached hydrogens (tertiary/aromatic N) is 1. The van der Waals surface area contributed by atoms with Crippen LogP contribution in [0, 0.1) is 19.8 Å². The predicted molar refractivity (Wildman–Crippen MR) is 85.0 cm³/mol. The highest BCUT2D eigenvalue weighted by Crippen LogP contribution is 2.22. The van der Waals surface area contributed by atoms with Crippen molar-refractivity contribution in [1.82, 2.24) is 4.90 Å². The van der Waals surface area contributed by atoms with E-state index in [0.29, 0.717) is 5.92 Å². The highest BCUT2D eigenvalue weighted by Gasteiger charge is 2.20. The third kappa shape index (κ3) is 3.63. The van der Waals surface area contributed by atoms with Crippen molar-refractivity contribution in [2.45, 2.75) is 26.7 Å². The van der Waals surface area contributed by atoms with E-state index in [1.807, 2.05) is 4.90 Å². The maximum atomic E-state index is 11.5. The molecule has 1 aliphatic heterocycles. The molecule has 0 saturated carbocycles. The number of benzene rings is 1. The van der Waals surface area contributed by atoms with E-state index in [1.54, 1.807) is 0 Å². The van der Waals surface area contributed by atoms with Crippen LogP contribution < -0.4 is 0 Å². The SMILES string of the molecule is Cc1cccc(C)c1/C=C/C1CCN(C(=O)CCl)CC1. The van der Waals surface area contributed by atoms with Crippen LogP contribution in [0.2, 0.25) is 0 Å². The summed E-state index contributed by atoms with van der Waals surface area (Å²) in [5, 5.41) is 0. The molecule has 20 heavy (non-hydrogen) atoms. The number of hydrogen-bond acceptors (Lipinski definition) is 1. The highest BCUT2D eigenvalue weighted by molar-refractivity contribution is 6.27. The lowest BCUT2D eigenvalue weighted by atomic mass is 9.94. The second-order valence-corrected chi connectivity index (χ2v) is 5.78. The fraction of sp³-hybridized carbons (Fsp3) is 0.471. The molecule has 0 unspecified atom stereocenters. The molecule has 108 valence electrons. The van der Waals surface area contributed by atoms with E-state index in [4.69, 9.17) is 11.6 Å². The summed E-state index contributed by atoms with van der Waals surface area (Å²) in [6.45, 7) is 5.95. The molecular weight excluding hydrogens is 270 g/mol. The zero-order valence-corrected chi connectivity index (χ0v) is 13.0. The lowest BCUT2D eigenvalue weighted by Crippen LogP contribution is -2.38. The van der Waals surface area contributed by atoms with E-state index >= 15 is 0 Å². The molecule has 1 amide bonds. The Morgan fingerprint density at radius 1 is 1.30 bits per heavy atom. The van der Waals surface area contributed by atoms with Gasteiger partial charge >= 0.3 is 0 Å². The van der Waals surface area contributed by atoms with Gasteiger partial charge in [0.2, 0.25) is 5.91 Å². The number of hydrogen-bond donors (Lipinski definition) is 0. The highest BCUT2D eigenvalue weighted by atomic mass is 35.5. The van der Waals surface area contributed by atoms with E-state index in [2.05, 4.69) is 44.2 Å². The standard InChI is InChI=1S/C17H22ClNO/c1-13-4-3-5-14(2)16(13)7-6-15-8-10-19(11-9-15)17(20)12-18/h3-7,15H,8-12H2,1-2H3/b7-6+. The first-order chi connectivity index (χ1) is 9.61. The summed E-state index contributed by atoms with van der Waals surface area (Å²) >= 11 is 5.59. The Kier molecular flexibility index (Phi) is 5.24. The van der Waals surface area contributed by atoms with Crippen molar-refractivity contribution in [2.24, 2.45) is 5.92 Å². The van der Waals surface area contributed by atoms with Crippen LogP contribution in [0.15, 0.2) is 24.3 Å². The average Bonchev–Trinajstić information content (AvgIpc) is 2.46. The number of rotatable bonds is 3. The minimum Gasteiger partial charge on any atom is -0.342 e. The Bertz CT molecular complexity index is 481. The summed E-state index contributed by atoms with van der Waals surface area (Å²) in [6, 6.07) is 6.39. The van der Waals surface area contributed by atoms with Crippen molar-refractivity contribution in [1.29, 1.82) is 0 Å². The average molecular weight is 292 g/mol. The molecule has 2 nitrogen and oxygen atoms in total. The topological polar surface area (TPSA) is 20.3 Å². The smallest absolute Gasteiger partial charge is 0.237 e. The third-order valence-electron chi connectivity index (χ3n) is 4.08. The lowest BCUT2D eigenvalue weighted by molar-refractivity contribution is -0.129. The number of aryl methyl sites for hydroxylation is 2. The van der Waals surface area contributed by atoms with Gasteiger partial charge in [-0.25, -0.2) is 0 Å². The molecular formula is C17H22ClNO. The van der Waals surface area contributed by atoms with E-state index in [0.717, 1.165) is 25.9 Å². The summed E-state index contributed by atoms with van der Waals surface area (Å²) in [6.07, 6.45) is 6.61. The fourth-order valence-corrected chi connectivity index (χ4v) is 2.92. The summed E-state index contributed by atoms with van der Waals surface area (Å²) in [7, 11) is 0. The fourth-order valence-electron chi connectivity index (χ4n) is 2.75. The molecule has 1 aromatic carbocycles. The van der Waals surface area contributed by atoms with Crippen molar-refractivity contribution in [3.63, 3.8) is 0 Å². The van der Waals surface area contributed by atoms with Gasteiger partial charge in [-0.05, 0) is 49.3 Å². The number of carbonyl (C=O) groups excluding carboxylic acids is 1. The second kappa shape index (κ2) is 6.94. The van der Waals surface area contributed by atoms with Gasteiger partial charge in [-0.2, -0.15) is 0 Å². The number of carbonyl (C=O) groups is 1. The Morgan fingerprint density at radius 2 is 1.90 bits per heavy atom. The van der Waals surface area contributed by atoms with E-state index in [1.165, 1.54) is 16.7 Å². The van der Waals surface area contributed by atoms with Crippen molar-refractivity contribution >= 4 is 23.6 Å². The zero-order chi connectivity index (χ0) is 14.5. The van der Waals surface area contributed by atoms with Crippen LogP contribution in [0.4, 0.5) is 0 Å². The number of amides is 1. The molecule has 0 atom stereocenters. The van der Waals surface area contributed by atoms with Crippen LogP contribution in [0.1, 0.15) is 29.5 Å². The molecule has 0 aliphatic carbocycles. The minimum atomic E-state index is 0.0591. The van der Waals surface area contributed by atoms with Crippen LogP contribution in [0.25, 0.3) is 6.08 Å². The van der Waals surface area contributed by atoms with Crippen LogP contribution in [-0.4, -0.2) is 29.8 Å². The molecule has 0 aromatic heterocycles. The number of piperidine rings is 1. The Hall–Kier alpha value is -1.28. The van der Waals surface area contributed by atoms with Crippen molar-refractivity contribution in [3.8, 4) is 0 Å². The molecule has 1 aliphatic rings. The Morgan fingerprint density at radius 3 is 2.45 bits per heavy atom. The molecule has 0 spiro atoms. The molecule has 2 rings (SSSR count). The normalized spacial score (nSPS) is 16.9. The monoisotopic (exact) mass is 291 g/mol. The third-order valence-corrected chi connectivity index (χ3v) is 4.31. The molecule has 1 aromatic rings. The van der Waals surface area contributed by atoms with Gasteiger partial charge in [-0.3, -0.25) is 4.79 Å². The van der Waals surface area contributed by atoms with Crippen LogP contribution in [0.5, 0.6) is 0 Å². The van der Waals surface area contributed by atoms with Gasteiger partial charge in [0.05, 0.1) is 0 Å². The van der Waals surface area contributed by atoms with Crippen LogP contribution in [0.3, 0.4) is 0 Å². The number of likely N-dealkylation sites (tertiary alicyclic amines) is 1. The molecule has 1 fully saturated rings. The summed E-state index contributed by atoms with van der Waals surface area (Å²) in [4.78, 5) is 13.4. The number of allylic oxidation sites excluding steroid dienone is 1. The predicted octanol–water partition coefficient (Wildman–Crippen LogP) is 3.79. The molecule has 0 bridgehead atoms. The van der Waals surface area contributed by atoms with Crippen molar-refractivity contribution < 1.29 is 4.79 Å². The van der Waals surface area contributed by atoms with Crippen molar-refractivity contribution in [3.05, 3.63) is 41.0 Å². The lowest BCUT2D eigenvalue weighted by Gasteiger charge is -2.30. The summed E-state index contributed by atoms with van der Waals surface area (Å²) in [5.74, 6) is 0.723. The summed E-state index contributed by atoms with van der Waals surface area (Å²) < 4.78 is 0. The summed E-state index contributed by atoms with van der Waals surface area (Å²) in [5.41, 5.74) is 3.96. The van der Waals surface area contributed by atoms with E-state index < -0.39 is 0 Å². The van der Waals surface area contributed by atoms with Gasteiger partial charge in [-0.15, -0.1) is 11.6 Å².